The van der Waals surface area contributed by atoms with Crippen LogP contribution in [0.5, 0.6) is 5.75 Å². The predicted molar refractivity (Wildman–Crippen MR) is 105 cm³/mol. The SMILES string of the molecule is COc1ccc2nc(-c3ccc(-c4ccc(N(C)C)nc4F)cc3)cn2c1. The Bertz CT molecular complexity index is 1100. The van der Waals surface area contributed by atoms with Crippen molar-refractivity contribution in [1.82, 2.24) is 14.4 Å². The minimum atomic E-state index is -0.478. The molecule has 1 aromatic carbocycles. The molecule has 0 aliphatic carbocycles. The molecule has 0 aliphatic heterocycles. The van der Waals surface area contributed by atoms with Crippen molar-refractivity contribution < 1.29 is 9.13 Å². The van der Waals surface area contributed by atoms with Gasteiger partial charge in [0.25, 0.3) is 0 Å². The smallest absolute Gasteiger partial charge is 0.222 e. The molecule has 3 heterocycles. The van der Waals surface area contributed by atoms with Crippen LogP contribution in [0, 0.1) is 5.95 Å². The van der Waals surface area contributed by atoms with E-state index in [4.69, 9.17) is 4.74 Å². The van der Waals surface area contributed by atoms with E-state index in [-0.39, 0.29) is 0 Å². The molecule has 0 spiro atoms. The summed E-state index contributed by atoms with van der Waals surface area (Å²) in [5, 5.41) is 0. The van der Waals surface area contributed by atoms with Crippen LogP contribution < -0.4 is 9.64 Å². The maximum Gasteiger partial charge on any atom is 0.222 e. The monoisotopic (exact) mass is 362 g/mol. The molecule has 0 unspecified atom stereocenters. The summed E-state index contributed by atoms with van der Waals surface area (Å²) >= 11 is 0. The number of benzene rings is 1. The summed E-state index contributed by atoms with van der Waals surface area (Å²) in [7, 11) is 5.30. The van der Waals surface area contributed by atoms with Crippen molar-refractivity contribution in [2.24, 2.45) is 0 Å². The van der Waals surface area contributed by atoms with Gasteiger partial charge in [-0.15, -0.1) is 0 Å². The molecule has 4 aromatic rings. The number of anilines is 1. The van der Waals surface area contributed by atoms with Gasteiger partial charge >= 0.3 is 0 Å². The molecule has 136 valence electrons. The van der Waals surface area contributed by atoms with E-state index in [9.17, 15) is 4.39 Å². The molecule has 27 heavy (non-hydrogen) atoms. The van der Waals surface area contributed by atoms with Crippen molar-refractivity contribution in [3.8, 4) is 28.1 Å². The van der Waals surface area contributed by atoms with Crippen LogP contribution in [0.25, 0.3) is 28.0 Å². The van der Waals surface area contributed by atoms with Gasteiger partial charge in [-0.25, -0.2) is 9.97 Å². The van der Waals surface area contributed by atoms with Gasteiger partial charge in [0.05, 0.1) is 19.0 Å². The average molecular weight is 362 g/mol. The zero-order chi connectivity index (χ0) is 19.0. The van der Waals surface area contributed by atoms with Crippen molar-refractivity contribution in [2.75, 3.05) is 26.1 Å². The normalized spacial score (nSPS) is 11.0. The second-order valence-corrected chi connectivity index (χ2v) is 6.44. The fraction of sp³-hybridized carbons (Fsp3) is 0.143. The highest BCUT2D eigenvalue weighted by molar-refractivity contribution is 5.70. The number of halogens is 1. The van der Waals surface area contributed by atoms with Crippen molar-refractivity contribution in [3.05, 3.63) is 66.9 Å². The molecule has 0 N–H and O–H groups in total. The standard InChI is InChI=1S/C21H19FN4O/c1-25(2)19-11-9-17(21(22)24-19)14-4-6-15(7-5-14)18-13-26-12-16(27-3)8-10-20(26)23-18/h4-13H,1-3H3. The van der Waals surface area contributed by atoms with E-state index >= 15 is 0 Å². The topological polar surface area (TPSA) is 42.7 Å². The third-order valence-electron chi connectivity index (χ3n) is 4.44. The maximum atomic E-state index is 14.4. The highest BCUT2D eigenvalue weighted by atomic mass is 19.1. The highest BCUT2D eigenvalue weighted by Crippen LogP contribution is 2.27. The largest absolute Gasteiger partial charge is 0.495 e. The van der Waals surface area contributed by atoms with Crippen LogP contribution in [-0.2, 0) is 0 Å². The van der Waals surface area contributed by atoms with E-state index in [1.165, 1.54) is 0 Å². The Morgan fingerprint density at radius 3 is 2.30 bits per heavy atom. The minimum absolute atomic E-state index is 0.478. The summed E-state index contributed by atoms with van der Waals surface area (Å²) in [5.41, 5.74) is 3.90. The van der Waals surface area contributed by atoms with Crippen LogP contribution in [0.2, 0.25) is 0 Å². The molecule has 0 amide bonds. The number of aromatic nitrogens is 3. The Morgan fingerprint density at radius 2 is 1.63 bits per heavy atom. The number of nitrogens with zero attached hydrogens (tertiary/aromatic N) is 4. The number of imidazole rings is 1. The van der Waals surface area contributed by atoms with Crippen LogP contribution in [0.4, 0.5) is 10.2 Å². The van der Waals surface area contributed by atoms with Gasteiger partial charge in [-0.1, -0.05) is 24.3 Å². The number of hydrogen-bond acceptors (Lipinski definition) is 4. The van der Waals surface area contributed by atoms with Crippen LogP contribution in [-0.4, -0.2) is 35.6 Å². The van der Waals surface area contributed by atoms with Gasteiger partial charge in [0, 0.05) is 31.4 Å². The third kappa shape index (κ3) is 3.21. The number of pyridine rings is 2. The first kappa shape index (κ1) is 17.0. The van der Waals surface area contributed by atoms with Crippen molar-refractivity contribution in [1.29, 1.82) is 0 Å². The lowest BCUT2D eigenvalue weighted by Gasteiger charge is -2.12. The van der Waals surface area contributed by atoms with E-state index < -0.39 is 5.95 Å². The highest BCUT2D eigenvalue weighted by Gasteiger charge is 2.10. The van der Waals surface area contributed by atoms with Gasteiger partial charge in [-0.2, -0.15) is 4.39 Å². The Kier molecular flexibility index (Phi) is 4.24. The van der Waals surface area contributed by atoms with E-state index in [1.807, 2.05) is 73.4 Å². The number of rotatable bonds is 4. The molecule has 4 rings (SSSR count). The first-order valence-electron chi connectivity index (χ1n) is 8.52. The number of hydrogen-bond donors (Lipinski definition) is 0. The summed E-state index contributed by atoms with van der Waals surface area (Å²) < 4.78 is 21.5. The van der Waals surface area contributed by atoms with E-state index in [0.717, 1.165) is 28.2 Å². The minimum Gasteiger partial charge on any atom is -0.495 e. The van der Waals surface area contributed by atoms with Gasteiger partial charge in [-0.05, 0) is 29.8 Å². The molecule has 5 nitrogen and oxygen atoms in total. The molecule has 3 aromatic heterocycles. The molecule has 6 heteroatoms. The van der Waals surface area contributed by atoms with Crippen LogP contribution >= 0.6 is 0 Å². The molecule has 0 saturated carbocycles. The van der Waals surface area contributed by atoms with Crippen molar-refractivity contribution in [3.63, 3.8) is 0 Å². The maximum absolute atomic E-state index is 14.4. The second-order valence-electron chi connectivity index (χ2n) is 6.44. The van der Waals surface area contributed by atoms with Gasteiger partial charge in [0.1, 0.15) is 17.2 Å². The van der Waals surface area contributed by atoms with Gasteiger partial charge in [0.15, 0.2) is 0 Å². The molecule has 0 fully saturated rings. The number of methoxy groups -OCH3 is 1. The van der Waals surface area contributed by atoms with Gasteiger partial charge < -0.3 is 14.0 Å². The van der Waals surface area contributed by atoms with Crippen molar-refractivity contribution in [2.45, 2.75) is 0 Å². The summed E-state index contributed by atoms with van der Waals surface area (Å²) in [5.74, 6) is 0.882. The zero-order valence-electron chi connectivity index (χ0n) is 15.3. The summed E-state index contributed by atoms with van der Waals surface area (Å²) in [6.07, 6.45) is 3.83. The zero-order valence-corrected chi connectivity index (χ0v) is 15.3. The lowest BCUT2D eigenvalue weighted by Crippen LogP contribution is -2.11. The summed E-state index contributed by atoms with van der Waals surface area (Å²) in [4.78, 5) is 10.4. The fourth-order valence-electron chi connectivity index (χ4n) is 2.94. The number of fused-ring (bicyclic) bond motifs is 1. The molecular formula is C21H19FN4O. The van der Waals surface area contributed by atoms with E-state index in [0.29, 0.717) is 11.4 Å². The van der Waals surface area contributed by atoms with Crippen LogP contribution in [0.15, 0.2) is 60.9 Å². The van der Waals surface area contributed by atoms with Crippen molar-refractivity contribution >= 4 is 11.5 Å². The van der Waals surface area contributed by atoms with Crippen LogP contribution in [0.1, 0.15) is 0 Å². The Hall–Kier alpha value is -3.41. The Labute approximate surface area is 156 Å². The van der Waals surface area contributed by atoms with E-state index in [2.05, 4.69) is 9.97 Å². The third-order valence-corrected chi connectivity index (χ3v) is 4.44. The van der Waals surface area contributed by atoms with Crippen LogP contribution in [0.3, 0.4) is 0 Å². The Morgan fingerprint density at radius 1 is 0.889 bits per heavy atom. The first-order chi connectivity index (χ1) is 13.0. The fourth-order valence-corrected chi connectivity index (χ4v) is 2.94. The molecular weight excluding hydrogens is 343 g/mol. The molecule has 0 bridgehead atoms. The Balaban J connectivity index is 1.66. The van der Waals surface area contributed by atoms with Gasteiger partial charge in [-0.3, -0.25) is 0 Å². The summed E-state index contributed by atoms with van der Waals surface area (Å²) in [6.45, 7) is 0. The molecule has 0 saturated heterocycles. The van der Waals surface area contributed by atoms with Gasteiger partial charge in [0.2, 0.25) is 5.95 Å². The average Bonchev–Trinajstić information content (AvgIpc) is 3.11. The second kappa shape index (κ2) is 6.72. The molecule has 0 atom stereocenters. The van der Waals surface area contributed by atoms with E-state index in [1.54, 1.807) is 18.1 Å². The molecule has 0 aliphatic rings. The first-order valence-corrected chi connectivity index (χ1v) is 8.52. The lowest BCUT2D eigenvalue weighted by molar-refractivity contribution is 0.412. The predicted octanol–water partition coefficient (Wildman–Crippen LogP) is 4.28. The molecule has 0 radical (unpaired) electrons. The summed E-state index contributed by atoms with van der Waals surface area (Å²) in [6, 6.07) is 15.0. The lowest BCUT2D eigenvalue weighted by atomic mass is 10.0. The quantitative estimate of drug-likeness (QED) is 0.508. The number of ether oxygens (including phenoxy) is 1.